The zero-order valence-electron chi connectivity index (χ0n) is 22.7. The van der Waals surface area contributed by atoms with Gasteiger partial charge in [0.05, 0.1) is 11.4 Å². The van der Waals surface area contributed by atoms with Crippen LogP contribution in [0.2, 0.25) is 0 Å². The molecule has 8 heteroatoms. The monoisotopic (exact) mass is 512 g/mol. The Balaban J connectivity index is 1.68. The Kier molecular flexibility index (Phi) is 8.73. The smallest absolute Gasteiger partial charge is 0.262 e. The van der Waals surface area contributed by atoms with Crippen molar-refractivity contribution in [3.05, 3.63) is 72.3 Å². The first-order valence-corrected chi connectivity index (χ1v) is 13.0. The Morgan fingerprint density at radius 3 is 2.26 bits per heavy atom. The van der Waals surface area contributed by atoms with Crippen LogP contribution in [0, 0.1) is 18.8 Å². The fourth-order valence-electron chi connectivity index (χ4n) is 4.42. The van der Waals surface area contributed by atoms with Gasteiger partial charge in [-0.05, 0) is 64.6 Å². The molecule has 198 valence electrons. The van der Waals surface area contributed by atoms with Crippen LogP contribution < -0.4 is 15.0 Å². The third-order valence-electron chi connectivity index (χ3n) is 6.01. The van der Waals surface area contributed by atoms with Gasteiger partial charge in [0.1, 0.15) is 5.75 Å². The normalized spacial score (nSPS) is 11.1. The lowest BCUT2D eigenvalue weighted by Gasteiger charge is -2.31. The molecule has 0 bridgehead atoms. The van der Waals surface area contributed by atoms with Crippen LogP contribution in [-0.4, -0.2) is 46.2 Å². The summed E-state index contributed by atoms with van der Waals surface area (Å²) in [6.45, 7) is 12.5. The molecule has 4 rings (SSSR count). The molecule has 0 aliphatic carbocycles. The van der Waals surface area contributed by atoms with Gasteiger partial charge in [-0.2, -0.15) is 0 Å². The predicted molar refractivity (Wildman–Crippen MR) is 152 cm³/mol. The molecular formula is C30H36N6O2. The number of tetrazole rings is 1. The van der Waals surface area contributed by atoms with Crippen molar-refractivity contribution in [3.63, 3.8) is 0 Å². The average molecular weight is 513 g/mol. The lowest BCUT2D eigenvalue weighted by molar-refractivity contribution is -0.118. The summed E-state index contributed by atoms with van der Waals surface area (Å²) in [4.78, 5) is 15.4. The molecule has 4 aromatic rings. The van der Waals surface area contributed by atoms with E-state index in [9.17, 15) is 4.79 Å². The summed E-state index contributed by atoms with van der Waals surface area (Å²) in [5.74, 6) is 1.95. The first-order chi connectivity index (χ1) is 18.3. The Bertz CT molecular complexity index is 1320. The third-order valence-corrected chi connectivity index (χ3v) is 6.01. The highest BCUT2D eigenvalue weighted by Crippen LogP contribution is 2.36. The third kappa shape index (κ3) is 6.97. The van der Waals surface area contributed by atoms with Gasteiger partial charge in [-0.25, -0.2) is 5.10 Å². The highest BCUT2D eigenvalue weighted by atomic mass is 16.5. The molecule has 0 spiro atoms. The maximum atomic E-state index is 13.1. The number of benzene rings is 3. The van der Waals surface area contributed by atoms with Gasteiger partial charge in [0, 0.05) is 18.7 Å². The van der Waals surface area contributed by atoms with Crippen molar-refractivity contribution in [3.8, 4) is 28.3 Å². The SMILES string of the molecule is Cc1ccc(OCC(=O)Nc2cc(-c3ccccc3-c3nnn[nH]3)ccc2N(CC(C)C)CC(C)C)cc1. The van der Waals surface area contributed by atoms with Crippen LogP contribution in [0.15, 0.2) is 66.7 Å². The Hall–Kier alpha value is -4.20. The van der Waals surface area contributed by atoms with E-state index in [4.69, 9.17) is 4.74 Å². The molecule has 0 aliphatic heterocycles. The molecule has 0 atom stereocenters. The number of rotatable bonds is 11. The number of amides is 1. The van der Waals surface area contributed by atoms with E-state index in [0.717, 1.165) is 46.7 Å². The van der Waals surface area contributed by atoms with E-state index in [2.05, 4.69) is 70.7 Å². The van der Waals surface area contributed by atoms with E-state index in [1.165, 1.54) is 0 Å². The molecule has 0 aliphatic rings. The summed E-state index contributed by atoms with van der Waals surface area (Å²) in [6, 6.07) is 21.8. The van der Waals surface area contributed by atoms with Gasteiger partial charge in [-0.3, -0.25) is 4.79 Å². The molecule has 1 aromatic heterocycles. The van der Waals surface area contributed by atoms with Gasteiger partial charge in [-0.15, -0.1) is 5.10 Å². The summed E-state index contributed by atoms with van der Waals surface area (Å²) < 4.78 is 5.76. The second-order valence-corrected chi connectivity index (χ2v) is 10.4. The van der Waals surface area contributed by atoms with E-state index in [0.29, 0.717) is 23.4 Å². The zero-order valence-corrected chi connectivity index (χ0v) is 22.7. The number of nitrogens with one attached hydrogen (secondary N) is 2. The molecule has 0 fully saturated rings. The van der Waals surface area contributed by atoms with Crippen molar-refractivity contribution >= 4 is 17.3 Å². The first kappa shape index (κ1) is 26.9. The van der Waals surface area contributed by atoms with Crippen molar-refractivity contribution < 1.29 is 9.53 Å². The fraction of sp³-hybridized carbons (Fsp3) is 0.333. The number of hydrogen-bond donors (Lipinski definition) is 2. The topological polar surface area (TPSA) is 96.0 Å². The Morgan fingerprint density at radius 2 is 1.63 bits per heavy atom. The molecule has 38 heavy (non-hydrogen) atoms. The van der Waals surface area contributed by atoms with Gasteiger partial charge in [0.15, 0.2) is 12.4 Å². The summed E-state index contributed by atoms with van der Waals surface area (Å²) in [5.41, 5.74) is 5.66. The molecule has 0 saturated carbocycles. The number of aromatic nitrogens is 4. The molecule has 3 aromatic carbocycles. The summed E-state index contributed by atoms with van der Waals surface area (Å²) in [6.07, 6.45) is 0. The van der Waals surface area contributed by atoms with Crippen molar-refractivity contribution in [2.24, 2.45) is 11.8 Å². The Morgan fingerprint density at radius 1 is 0.947 bits per heavy atom. The number of aromatic amines is 1. The van der Waals surface area contributed by atoms with E-state index in [1.54, 1.807) is 0 Å². The minimum Gasteiger partial charge on any atom is -0.484 e. The quantitative estimate of drug-likeness (QED) is 0.257. The van der Waals surface area contributed by atoms with Crippen LogP contribution >= 0.6 is 0 Å². The molecule has 0 saturated heterocycles. The minimum absolute atomic E-state index is 0.0819. The van der Waals surface area contributed by atoms with Gasteiger partial charge in [0.2, 0.25) is 0 Å². The van der Waals surface area contributed by atoms with Crippen LogP contribution in [0.5, 0.6) is 5.75 Å². The van der Waals surface area contributed by atoms with Crippen molar-refractivity contribution in [2.45, 2.75) is 34.6 Å². The number of H-pyrrole nitrogens is 1. The summed E-state index contributed by atoms with van der Waals surface area (Å²) in [7, 11) is 0. The lowest BCUT2D eigenvalue weighted by atomic mass is 9.97. The van der Waals surface area contributed by atoms with Gasteiger partial charge in [-0.1, -0.05) is 75.7 Å². The fourth-order valence-corrected chi connectivity index (χ4v) is 4.42. The van der Waals surface area contributed by atoms with E-state index < -0.39 is 0 Å². The van der Waals surface area contributed by atoms with Crippen LogP contribution in [0.3, 0.4) is 0 Å². The van der Waals surface area contributed by atoms with Gasteiger partial charge < -0.3 is 15.0 Å². The van der Waals surface area contributed by atoms with Crippen molar-refractivity contribution in [2.75, 3.05) is 29.9 Å². The number of anilines is 2. The summed E-state index contributed by atoms with van der Waals surface area (Å²) in [5, 5.41) is 17.6. The second-order valence-electron chi connectivity index (χ2n) is 10.4. The van der Waals surface area contributed by atoms with E-state index in [-0.39, 0.29) is 12.5 Å². The number of nitrogens with zero attached hydrogens (tertiary/aromatic N) is 4. The molecule has 8 nitrogen and oxygen atoms in total. The number of carbonyl (C=O) groups excluding carboxylic acids is 1. The highest BCUT2D eigenvalue weighted by Gasteiger charge is 2.19. The first-order valence-electron chi connectivity index (χ1n) is 13.0. The summed E-state index contributed by atoms with van der Waals surface area (Å²) >= 11 is 0. The highest BCUT2D eigenvalue weighted by molar-refractivity contribution is 5.97. The van der Waals surface area contributed by atoms with Crippen molar-refractivity contribution in [1.82, 2.24) is 20.6 Å². The van der Waals surface area contributed by atoms with Crippen LogP contribution in [0.4, 0.5) is 11.4 Å². The standard InChI is InChI=1S/C30H36N6O2/c1-20(2)17-36(18-21(3)4)28-15-12-23(25-8-6-7-9-26(25)30-32-34-35-33-30)16-27(28)31-29(37)19-38-24-13-10-22(5)11-14-24/h6-16,20-21H,17-19H2,1-5H3,(H,31,37)(H,32,33,34,35). The lowest BCUT2D eigenvalue weighted by Crippen LogP contribution is -2.32. The maximum Gasteiger partial charge on any atom is 0.262 e. The molecule has 2 N–H and O–H groups in total. The number of carbonyl (C=O) groups is 1. The number of hydrogen-bond acceptors (Lipinski definition) is 6. The van der Waals surface area contributed by atoms with E-state index >= 15 is 0 Å². The van der Waals surface area contributed by atoms with E-state index in [1.807, 2.05) is 61.5 Å². The molecule has 1 heterocycles. The largest absolute Gasteiger partial charge is 0.484 e. The minimum atomic E-state index is -0.217. The molecule has 1 amide bonds. The van der Waals surface area contributed by atoms with Crippen LogP contribution in [0.25, 0.3) is 22.5 Å². The van der Waals surface area contributed by atoms with Gasteiger partial charge in [0.25, 0.3) is 5.91 Å². The molecular weight excluding hydrogens is 476 g/mol. The number of aryl methyl sites for hydroxylation is 1. The maximum absolute atomic E-state index is 13.1. The number of ether oxygens (including phenoxy) is 1. The van der Waals surface area contributed by atoms with Crippen molar-refractivity contribution in [1.29, 1.82) is 0 Å². The van der Waals surface area contributed by atoms with Crippen LogP contribution in [0.1, 0.15) is 33.3 Å². The molecule has 0 unspecified atom stereocenters. The average Bonchev–Trinajstić information content (AvgIpc) is 3.42. The molecule has 0 radical (unpaired) electrons. The second kappa shape index (κ2) is 12.4. The zero-order chi connectivity index (χ0) is 27.1. The Labute approximate surface area is 224 Å². The van der Waals surface area contributed by atoms with Crippen LogP contribution in [-0.2, 0) is 4.79 Å². The van der Waals surface area contributed by atoms with Gasteiger partial charge >= 0.3 is 0 Å². The predicted octanol–water partition coefficient (Wildman–Crippen LogP) is 5.98.